The standard InChI is InChI=1S/C21H32O2/c1-14-5-8-18-17(15(2)6-7-16(22)13-14)9-11-20(3)19(18)10-12-21(20,4)23/h6-7,13,15,17-19,23H,5,8-12H2,1-4H3/b7-6-,14-13+/t15?,17?,18?,19?,20?,21-/m1/s1. The summed E-state index contributed by atoms with van der Waals surface area (Å²) in [4.78, 5) is 11.9. The summed E-state index contributed by atoms with van der Waals surface area (Å²) in [7, 11) is 0. The minimum absolute atomic E-state index is 0.0646. The highest BCUT2D eigenvalue weighted by Crippen LogP contribution is 2.62. The summed E-state index contributed by atoms with van der Waals surface area (Å²) < 4.78 is 0. The molecule has 128 valence electrons. The molecule has 0 bridgehead atoms. The molecule has 0 heterocycles. The van der Waals surface area contributed by atoms with E-state index in [1.807, 2.05) is 0 Å². The van der Waals surface area contributed by atoms with Gasteiger partial charge in [-0.1, -0.05) is 25.5 Å². The monoisotopic (exact) mass is 316 g/mol. The first-order valence-corrected chi connectivity index (χ1v) is 9.36. The topological polar surface area (TPSA) is 37.3 Å². The molecule has 0 aromatic carbocycles. The molecule has 0 amide bonds. The van der Waals surface area contributed by atoms with E-state index in [2.05, 4.69) is 33.8 Å². The van der Waals surface area contributed by atoms with Gasteiger partial charge in [0, 0.05) is 0 Å². The van der Waals surface area contributed by atoms with Gasteiger partial charge in [0.2, 0.25) is 0 Å². The number of hydrogen-bond acceptors (Lipinski definition) is 2. The Hall–Kier alpha value is -0.890. The fraction of sp³-hybridized carbons (Fsp3) is 0.762. The van der Waals surface area contributed by atoms with Crippen LogP contribution in [-0.2, 0) is 4.79 Å². The Balaban J connectivity index is 1.92. The van der Waals surface area contributed by atoms with Crippen molar-refractivity contribution in [3.05, 3.63) is 23.8 Å². The van der Waals surface area contributed by atoms with Crippen molar-refractivity contribution in [2.75, 3.05) is 0 Å². The van der Waals surface area contributed by atoms with E-state index in [1.165, 1.54) is 12.0 Å². The summed E-state index contributed by atoms with van der Waals surface area (Å²) in [5.74, 6) is 2.52. The molecule has 3 aliphatic rings. The second kappa shape index (κ2) is 5.88. The normalized spacial score (nSPS) is 51.3. The molecule has 0 saturated heterocycles. The third-order valence-electron chi connectivity index (χ3n) is 7.55. The van der Waals surface area contributed by atoms with E-state index in [1.54, 1.807) is 12.2 Å². The van der Waals surface area contributed by atoms with Crippen LogP contribution in [0.4, 0.5) is 0 Å². The van der Waals surface area contributed by atoms with E-state index in [-0.39, 0.29) is 11.2 Å². The third-order valence-corrected chi connectivity index (χ3v) is 7.55. The molecule has 0 aromatic rings. The highest BCUT2D eigenvalue weighted by atomic mass is 16.3. The second-order valence-corrected chi connectivity index (χ2v) is 8.85. The zero-order chi connectivity index (χ0) is 16.8. The Morgan fingerprint density at radius 3 is 2.61 bits per heavy atom. The van der Waals surface area contributed by atoms with Gasteiger partial charge in [-0.2, -0.15) is 0 Å². The van der Waals surface area contributed by atoms with Gasteiger partial charge in [-0.15, -0.1) is 0 Å². The van der Waals surface area contributed by atoms with Crippen LogP contribution in [0.5, 0.6) is 0 Å². The lowest BCUT2D eigenvalue weighted by molar-refractivity contribution is -0.110. The van der Waals surface area contributed by atoms with Crippen LogP contribution in [0, 0.1) is 29.1 Å². The molecule has 2 saturated carbocycles. The summed E-state index contributed by atoms with van der Waals surface area (Å²) in [5.41, 5.74) is 0.748. The van der Waals surface area contributed by atoms with Crippen LogP contribution in [0.15, 0.2) is 23.8 Å². The summed E-state index contributed by atoms with van der Waals surface area (Å²) in [6, 6.07) is 0. The Morgan fingerprint density at radius 1 is 1.13 bits per heavy atom. The molecule has 3 rings (SSSR count). The van der Waals surface area contributed by atoms with E-state index in [0.717, 1.165) is 32.1 Å². The SMILES string of the molecule is C/C1=C\C(=O)/C=C\C(C)C2CCC3(C)C(CC[C@@]3(C)O)C2CC1. The highest BCUT2D eigenvalue weighted by Gasteiger charge is 2.58. The predicted octanol–water partition coefficient (Wildman–Crippen LogP) is 4.68. The van der Waals surface area contributed by atoms with Crippen molar-refractivity contribution >= 4 is 5.78 Å². The maximum absolute atomic E-state index is 11.9. The van der Waals surface area contributed by atoms with Crippen molar-refractivity contribution in [3.63, 3.8) is 0 Å². The van der Waals surface area contributed by atoms with Gasteiger partial charge in [0.1, 0.15) is 0 Å². The van der Waals surface area contributed by atoms with E-state index in [4.69, 9.17) is 0 Å². The molecule has 0 radical (unpaired) electrons. The number of hydrogen-bond donors (Lipinski definition) is 1. The van der Waals surface area contributed by atoms with E-state index in [9.17, 15) is 9.90 Å². The molecular weight excluding hydrogens is 284 g/mol. The number of fused-ring (bicyclic) bond motifs is 3. The minimum Gasteiger partial charge on any atom is -0.390 e. The second-order valence-electron chi connectivity index (χ2n) is 8.85. The van der Waals surface area contributed by atoms with Crippen molar-refractivity contribution in [1.82, 2.24) is 0 Å². The van der Waals surface area contributed by atoms with Gasteiger partial charge >= 0.3 is 0 Å². The fourth-order valence-corrected chi connectivity index (χ4v) is 5.78. The molecule has 1 N–H and O–H groups in total. The van der Waals surface area contributed by atoms with E-state index < -0.39 is 5.60 Å². The lowest BCUT2D eigenvalue weighted by atomic mass is 9.54. The number of ketones is 1. The number of aliphatic hydroxyl groups is 1. The van der Waals surface area contributed by atoms with Crippen LogP contribution in [-0.4, -0.2) is 16.5 Å². The van der Waals surface area contributed by atoms with E-state index >= 15 is 0 Å². The number of allylic oxidation sites excluding steroid dienone is 4. The fourth-order valence-electron chi connectivity index (χ4n) is 5.78. The lowest BCUT2D eigenvalue weighted by Gasteiger charge is -2.52. The maximum atomic E-state index is 11.9. The average Bonchev–Trinajstić information content (AvgIpc) is 2.72. The van der Waals surface area contributed by atoms with Crippen LogP contribution in [0.1, 0.15) is 66.2 Å². The Morgan fingerprint density at radius 2 is 1.87 bits per heavy atom. The van der Waals surface area contributed by atoms with Crippen molar-refractivity contribution in [2.24, 2.45) is 29.1 Å². The summed E-state index contributed by atoms with van der Waals surface area (Å²) in [5, 5.41) is 10.9. The lowest BCUT2D eigenvalue weighted by Crippen LogP contribution is -2.49. The zero-order valence-corrected chi connectivity index (χ0v) is 15.1. The number of carbonyl (C=O) groups is 1. The van der Waals surface area contributed by atoms with Crippen LogP contribution < -0.4 is 0 Å². The van der Waals surface area contributed by atoms with Crippen molar-refractivity contribution in [3.8, 4) is 0 Å². The molecule has 6 atom stereocenters. The number of carbonyl (C=O) groups excluding carboxylic acids is 1. The molecule has 3 aliphatic carbocycles. The van der Waals surface area contributed by atoms with Gasteiger partial charge in [-0.05, 0) is 93.6 Å². The summed E-state index contributed by atoms with van der Waals surface area (Å²) >= 11 is 0. The molecule has 5 unspecified atom stereocenters. The number of rotatable bonds is 0. The minimum atomic E-state index is -0.516. The molecule has 0 aliphatic heterocycles. The first kappa shape index (κ1) is 17.0. The third kappa shape index (κ3) is 2.84. The molecule has 0 spiro atoms. The predicted molar refractivity (Wildman–Crippen MR) is 94.0 cm³/mol. The Labute approximate surface area is 141 Å². The smallest absolute Gasteiger partial charge is 0.178 e. The van der Waals surface area contributed by atoms with E-state index in [0.29, 0.717) is 23.7 Å². The van der Waals surface area contributed by atoms with Crippen molar-refractivity contribution in [2.45, 2.75) is 71.8 Å². The van der Waals surface area contributed by atoms with Crippen LogP contribution in [0.25, 0.3) is 0 Å². The molecule has 23 heavy (non-hydrogen) atoms. The largest absolute Gasteiger partial charge is 0.390 e. The Bertz CT molecular complexity index is 542. The van der Waals surface area contributed by atoms with Crippen molar-refractivity contribution in [1.29, 1.82) is 0 Å². The van der Waals surface area contributed by atoms with Gasteiger partial charge < -0.3 is 5.11 Å². The molecular formula is C21H32O2. The van der Waals surface area contributed by atoms with Gasteiger partial charge in [0.05, 0.1) is 5.60 Å². The molecule has 2 fully saturated rings. The summed E-state index contributed by atoms with van der Waals surface area (Å²) in [6.45, 7) is 8.74. The zero-order valence-electron chi connectivity index (χ0n) is 15.1. The van der Waals surface area contributed by atoms with Crippen LogP contribution in [0.3, 0.4) is 0 Å². The average molecular weight is 316 g/mol. The molecule has 2 nitrogen and oxygen atoms in total. The Kier molecular flexibility index (Phi) is 4.33. The van der Waals surface area contributed by atoms with Crippen molar-refractivity contribution < 1.29 is 9.90 Å². The van der Waals surface area contributed by atoms with Crippen LogP contribution in [0.2, 0.25) is 0 Å². The summed E-state index contributed by atoms with van der Waals surface area (Å²) in [6.07, 6.45) is 12.3. The van der Waals surface area contributed by atoms with Crippen LogP contribution >= 0.6 is 0 Å². The first-order valence-electron chi connectivity index (χ1n) is 9.36. The quantitative estimate of drug-likeness (QED) is 0.704. The van der Waals surface area contributed by atoms with Gasteiger partial charge in [0.25, 0.3) is 0 Å². The highest BCUT2D eigenvalue weighted by molar-refractivity contribution is 5.99. The van der Waals surface area contributed by atoms with Gasteiger partial charge in [-0.25, -0.2) is 0 Å². The van der Waals surface area contributed by atoms with Gasteiger partial charge in [0.15, 0.2) is 5.78 Å². The van der Waals surface area contributed by atoms with Gasteiger partial charge in [-0.3, -0.25) is 4.79 Å². The maximum Gasteiger partial charge on any atom is 0.178 e. The molecule has 2 heteroatoms. The first-order chi connectivity index (χ1) is 10.7. The molecule has 0 aromatic heterocycles.